The standard InChI is InChI=1S/C54H42F2N4O/c1-3-18-39-40(27-16-28-41(39)50-33-48(35-19-8-4-9-20-35)57-53(59-50)37-23-12-6-13-24-37)44-31-47(56)45(32-46(44)55)42-29-17-30-43(52(42)61-2)51-34-49(36-21-10-5-11-22-36)58-54(60-51)38-25-14-7-15-26-38/h4-17,19-34,50H,3,18H2,1-2H3,(H,57,59). The second-order valence-electron chi connectivity index (χ2n) is 14.9. The van der Waals surface area contributed by atoms with Crippen molar-refractivity contribution >= 4 is 11.5 Å². The number of hydrogen-bond donors (Lipinski definition) is 1. The number of amidine groups is 1. The molecule has 5 nitrogen and oxygen atoms in total. The van der Waals surface area contributed by atoms with Gasteiger partial charge < -0.3 is 10.1 Å². The van der Waals surface area contributed by atoms with Crippen molar-refractivity contribution in [1.82, 2.24) is 15.3 Å². The minimum absolute atomic E-state index is 0.0851. The SMILES string of the molecule is CCCc1c(-c2cc(F)c(-c3cccc(-c4cc(-c5ccccc5)nc(-c5ccccc5)n4)c3OC)cc2F)cccc1C1C=C(c2ccccc2)N=C(c2ccccc2)N1. The zero-order valence-corrected chi connectivity index (χ0v) is 33.8. The van der Waals surface area contributed by atoms with E-state index in [1.165, 1.54) is 19.2 Å². The lowest BCUT2D eigenvalue weighted by Crippen LogP contribution is -2.31. The van der Waals surface area contributed by atoms with Crippen LogP contribution in [0.2, 0.25) is 0 Å². The van der Waals surface area contributed by atoms with Gasteiger partial charge in [0.1, 0.15) is 23.2 Å². The van der Waals surface area contributed by atoms with E-state index < -0.39 is 11.6 Å². The van der Waals surface area contributed by atoms with Crippen molar-refractivity contribution in [3.8, 4) is 61.9 Å². The smallest absolute Gasteiger partial charge is 0.160 e. The number of para-hydroxylation sites is 1. The summed E-state index contributed by atoms with van der Waals surface area (Å²) in [4.78, 5) is 14.9. The van der Waals surface area contributed by atoms with Crippen LogP contribution < -0.4 is 10.1 Å². The van der Waals surface area contributed by atoms with E-state index in [0.717, 1.165) is 57.0 Å². The van der Waals surface area contributed by atoms with Gasteiger partial charge in [-0.05, 0) is 59.0 Å². The Morgan fingerprint density at radius 3 is 1.72 bits per heavy atom. The highest BCUT2D eigenvalue weighted by atomic mass is 19.1. The van der Waals surface area contributed by atoms with Gasteiger partial charge in [0.2, 0.25) is 0 Å². The number of hydrogen-bond acceptors (Lipinski definition) is 5. The maximum Gasteiger partial charge on any atom is 0.160 e. The van der Waals surface area contributed by atoms with E-state index in [1.54, 1.807) is 6.07 Å². The van der Waals surface area contributed by atoms with Gasteiger partial charge in [0.15, 0.2) is 5.82 Å². The topological polar surface area (TPSA) is 59.4 Å². The van der Waals surface area contributed by atoms with Gasteiger partial charge in [-0.2, -0.15) is 0 Å². The summed E-state index contributed by atoms with van der Waals surface area (Å²) >= 11 is 0. The van der Waals surface area contributed by atoms with Crippen LogP contribution in [0.15, 0.2) is 187 Å². The molecule has 1 atom stereocenters. The number of rotatable bonds is 11. The normalized spacial score (nSPS) is 13.5. The Balaban J connectivity index is 1.13. The Bertz CT molecular complexity index is 2840. The average molecular weight is 801 g/mol. The van der Waals surface area contributed by atoms with E-state index in [1.807, 2.05) is 152 Å². The minimum Gasteiger partial charge on any atom is -0.495 e. The molecule has 1 N–H and O–H groups in total. The number of nitrogens with one attached hydrogen (secondary N) is 1. The zero-order chi connectivity index (χ0) is 41.7. The van der Waals surface area contributed by atoms with E-state index in [9.17, 15) is 0 Å². The maximum atomic E-state index is 16.8. The van der Waals surface area contributed by atoms with Crippen LogP contribution in [0.4, 0.5) is 8.78 Å². The van der Waals surface area contributed by atoms with Gasteiger partial charge in [-0.25, -0.2) is 23.7 Å². The van der Waals surface area contributed by atoms with E-state index in [-0.39, 0.29) is 17.2 Å². The van der Waals surface area contributed by atoms with E-state index in [4.69, 9.17) is 19.7 Å². The molecule has 0 bridgehead atoms. The molecule has 0 saturated carbocycles. The molecule has 0 aliphatic carbocycles. The molecule has 0 radical (unpaired) electrons. The summed E-state index contributed by atoms with van der Waals surface area (Å²) < 4.78 is 39.6. The fourth-order valence-electron chi connectivity index (χ4n) is 8.08. The van der Waals surface area contributed by atoms with Gasteiger partial charge in [-0.1, -0.05) is 165 Å². The molecule has 7 heteroatoms. The molecule has 9 rings (SSSR count). The van der Waals surface area contributed by atoms with Crippen LogP contribution >= 0.6 is 0 Å². The predicted octanol–water partition coefficient (Wildman–Crippen LogP) is 13.2. The number of methoxy groups -OCH3 is 1. The number of aliphatic imine (C=N–C) groups is 1. The van der Waals surface area contributed by atoms with Crippen molar-refractivity contribution in [2.75, 3.05) is 7.11 Å². The molecular weight excluding hydrogens is 759 g/mol. The summed E-state index contributed by atoms with van der Waals surface area (Å²) in [5.41, 5.74) is 9.74. The van der Waals surface area contributed by atoms with Gasteiger partial charge in [0, 0.05) is 38.9 Å². The molecule has 1 aliphatic heterocycles. The first-order valence-electron chi connectivity index (χ1n) is 20.5. The van der Waals surface area contributed by atoms with Gasteiger partial charge in [0.05, 0.1) is 30.2 Å². The second kappa shape index (κ2) is 17.4. The van der Waals surface area contributed by atoms with Crippen LogP contribution in [0, 0.1) is 11.6 Å². The zero-order valence-electron chi connectivity index (χ0n) is 33.8. The van der Waals surface area contributed by atoms with Gasteiger partial charge in [-0.3, -0.25) is 0 Å². The molecule has 1 unspecified atom stereocenters. The maximum absolute atomic E-state index is 16.8. The first-order chi connectivity index (χ1) is 30.0. The Morgan fingerprint density at radius 2 is 1.08 bits per heavy atom. The molecule has 0 amide bonds. The Kier molecular flexibility index (Phi) is 11.1. The summed E-state index contributed by atoms with van der Waals surface area (Å²) in [5.74, 6) is 0.542. The van der Waals surface area contributed by atoms with Crippen LogP contribution in [0.25, 0.3) is 61.9 Å². The summed E-state index contributed by atoms with van der Waals surface area (Å²) in [7, 11) is 1.54. The fraction of sp³-hybridized carbons (Fsp3) is 0.0926. The summed E-state index contributed by atoms with van der Waals surface area (Å²) in [6, 6.07) is 55.3. The Labute approximate surface area is 354 Å². The van der Waals surface area contributed by atoms with Crippen molar-refractivity contribution < 1.29 is 13.5 Å². The summed E-state index contributed by atoms with van der Waals surface area (Å²) in [6.07, 6.45) is 3.57. The van der Waals surface area contributed by atoms with E-state index in [0.29, 0.717) is 40.4 Å². The highest BCUT2D eigenvalue weighted by Crippen LogP contribution is 2.43. The fourth-order valence-corrected chi connectivity index (χ4v) is 8.08. The predicted molar refractivity (Wildman–Crippen MR) is 243 cm³/mol. The van der Waals surface area contributed by atoms with Crippen molar-refractivity contribution in [1.29, 1.82) is 0 Å². The van der Waals surface area contributed by atoms with Crippen molar-refractivity contribution in [3.63, 3.8) is 0 Å². The third kappa shape index (κ3) is 7.98. The van der Waals surface area contributed by atoms with Crippen LogP contribution in [0.1, 0.15) is 41.6 Å². The lowest BCUT2D eigenvalue weighted by atomic mass is 9.87. The van der Waals surface area contributed by atoms with Gasteiger partial charge in [-0.15, -0.1) is 0 Å². The molecule has 61 heavy (non-hydrogen) atoms. The molecule has 1 aromatic heterocycles. The molecule has 1 aliphatic rings. The molecule has 298 valence electrons. The van der Waals surface area contributed by atoms with Crippen molar-refractivity contribution in [2.24, 2.45) is 4.99 Å². The quantitative estimate of drug-likeness (QED) is 0.142. The lowest BCUT2D eigenvalue weighted by molar-refractivity contribution is 0.417. The number of halogens is 2. The van der Waals surface area contributed by atoms with Gasteiger partial charge >= 0.3 is 0 Å². The molecule has 0 spiro atoms. The first kappa shape index (κ1) is 39.0. The van der Waals surface area contributed by atoms with Crippen LogP contribution in [0.3, 0.4) is 0 Å². The number of ether oxygens (including phenoxy) is 1. The monoisotopic (exact) mass is 800 g/mol. The third-order valence-electron chi connectivity index (χ3n) is 11.0. The number of benzene rings is 7. The lowest BCUT2D eigenvalue weighted by Gasteiger charge is -2.27. The van der Waals surface area contributed by atoms with Crippen LogP contribution in [-0.2, 0) is 6.42 Å². The highest BCUT2D eigenvalue weighted by molar-refractivity contribution is 6.03. The first-order valence-corrected chi connectivity index (χ1v) is 20.5. The third-order valence-corrected chi connectivity index (χ3v) is 11.0. The summed E-state index contributed by atoms with van der Waals surface area (Å²) in [6.45, 7) is 2.10. The number of aromatic nitrogens is 2. The summed E-state index contributed by atoms with van der Waals surface area (Å²) in [5, 5.41) is 3.66. The molecule has 8 aromatic rings. The van der Waals surface area contributed by atoms with E-state index >= 15 is 8.78 Å². The average Bonchev–Trinajstić information content (AvgIpc) is 3.33. The highest BCUT2D eigenvalue weighted by Gasteiger charge is 2.26. The van der Waals surface area contributed by atoms with Crippen molar-refractivity contribution in [2.45, 2.75) is 25.8 Å². The molecule has 0 saturated heterocycles. The van der Waals surface area contributed by atoms with Crippen molar-refractivity contribution in [3.05, 3.63) is 216 Å². The molecule has 2 heterocycles. The molecular formula is C54H42F2N4O. The van der Waals surface area contributed by atoms with Crippen LogP contribution in [-0.4, -0.2) is 22.9 Å². The molecule has 7 aromatic carbocycles. The largest absolute Gasteiger partial charge is 0.495 e. The Morgan fingerprint density at radius 1 is 0.541 bits per heavy atom. The Hall–Kier alpha value is -7.51. The van der Waals surface area contributed by atoms with Gasteiger partial charge in [0.25, 0.3) is 0 Å². The number of nitrogens with zero attached hydrogens (tertiary/aromatic N) is 3. The second-order valence-corrected chi connectivity index (χ2v) is 14.9. The molecule has 0 fully saturated rings. The van der Waals surface area contributed by atoms with E-state index in [2.05, 4.69) is 24.4 Å². The van der Waals surface area contributed by atoms with Crippen LogP contribution in [0.5, 0.6) is 5.75 Å². The minimum atomic E-state index is -0.571.